The molecule has 1 saturated carbocycles. The van der Waals surface area contributed by atoms with Gasteiger partial charge in [0, 0.05) is 12.6 Å². The highest BCUT2D eigenvalue weighted by Gasteiger charge is 2.32. The Morgan fingerprint density at radius 1 is 1.00 bits per heavy atom. The molecule has 2 amide bonds. The van der Waals surface area contributed by atoms with Crippen LogP contribution in [0, 0.1) is 0 Å². The SMILES string of the molecule is CC(C)c1ccccc1N(CC(=O)N(Cc1ccc(Cl)c(Cl)c1)C(C)C(=O)NC1CCCCC1)S(C)(=O)=O. The smallest absolute Gasteiger partial charge is 0.244 e. The average molecular weight is 583 g/mol. The molecule has 2 aromatic carbocycles. The number of para-hydroxylation sites is 1. The van der Waals surface area contributed by atoms with Gasteiger partial charge in [0.2, 0.25) is 21.8 Å². The van der Waals surface area contributed by atoms with Gasteiger partial charge in [-0.1, -0.05) is 80.6 Å². The molecule has 2 aromatic rings. The van der Waals surface area contributed by atoms with Crippen molar-refractivity contribution >= 4 is 50.7 Å². The number of sulfonamides is 1. The first-order valence-corrected chi connectivity index (χ1v) is 15.6. The molecular formula is C28H37Cl2N3O4S. The van der Waals surface area contributed by atoms with E-state index in [9.17, 15) is 18.0 Å². The van der Waals surface area contributed by atoms with Crippen LogP contribution in [-0.4, -0.2) is 50.0 Å². The largest absolute Gasteiger partial charge is 0.352 e. The van der Waals surface area contributed by atoms with Gasteiger partial charge in [-0.15, -0.1) is 0 Å². The van der Waals surface area contributed by atoms with Crippen molar-refractivity contribution in [1.29, 1.82) is 0 Å². The van der Waals surface area contributed by atoms with Crippen LogP contribution in [0.25, 0.3) is 0 Å². The molecule has 0 saturated heterocycles. The van der Waals surface area contributed by atoms with E-state index in [1.165, 1.54) is 4.90 Å². The quantitative estimate of drug-likeness (QED) is 0.387. The summed E-state index contributed by atoms with van der Waals surface area (Å²) < 4.78 is 27.0. The Kier molecular flexibility index (Phi) is 10.5. The molecule has 0 heterocycles. The average Bonchev–Trinajstić information content (AvgIpc) is 2.87. The van der Waals surface area contributed by atoms with Crippen molar-refractivity contribution in [2.24, 2.45) is 0 Å². The predicted molar refractivity (Wildman–Crippen MR) is 154 cm³/mol. The summed E-state index contributed by atoms with van der Waals surface area (Å²) in [6.07, 6.45) is 6.18. The Morgan fingerprint density at radius 2 is 1.66 bits per heavy atom. The van der Waals surface area contributed by atoms with Gasteiger partial charge in [-0.25, -0.2) is 8.42 Å². The highest BCUT2D eigenvalue weighted by Crippen LogP contribution is 2.30. The van der Waals surface area contributed by atoms with Gasteiger partial charge in [-0.3, -0.25) is 13.9 Å². The summed E-state index contributed by atoms with van der Waals surface area (Å²) in [6.45, 7) is 5.23. The van der Waals surface area contributed by atoms with Gasteiger partial charge in [0.15, 0.2) is 0 Å². The fourth-order valence-electron chi connectivity index (χ4n) is 4.78. The molecule has 1 unspecified atom stereocenters. The van der Waals surface area contributed by atoms with E-state index in [1.54, 1.807) is 37.3 Å². The third-order valence-electron chi connectivity index (χ3n) is 6.96. The van der Waals surface area contributed by atoms with E-state index in [0.29, 0.717) is 21.3 Å². The van der Waals surface area contributed by atoms with E-state index in [-0.39, 0.29) is 24.4 Å². The number of anilines is 1. The number of rotatable bonds is 10. The second kappa shape index (κ2) is 13.2. The lowest BCUT2D eigenvalue weighted by molar-refractivity contribution is -0.139. The summed E-state index contributed by atoms with van der Waals surface area (Å²) in [5, 5.41) is 3.80. The zero-order chi connectivity index (χ0) is 28.0. The number of nitrogens with one attached hydrogen (secondary N) is 1. The van der Waals surface area contributed by atoms with E-state index in [2.05, 4.69) is 5.32 Å². The minimum atomic E-state index is -3.81. The molecule has 0 radical (unpaired) electrons. The summed E-state index contributed by atoms with van der Waals surface area (Å²) in [4.78, 5) is 28.5. The summed E-state index contributed by atoms with van der Waals surface area (Å²) in [7, 11) is -3.81. The van der Waals surface area contributed by atoms with Crippen LogP contribution < -0.4 is 9.62 Å². The summed E-state index contributed by atoms with van der Waals surface area (Å²) in [5.74, 6) is -0.719. The summed E-state index contributed by atoms with van der Waals surface area (Å²) >= 11 is 12.3. The first kappa shape index (κ1) is 30.3. The van der Waals surface area contributed by atoms with Crippen molar-refractivity contribution in [3.05, 3.63) is 63.6 Å². The van der Waals surface area contributed by atoms with E-state index in [0.717, 1.165) is 48.2 Å². The van der Waals surface area contributed by atoms with E-state index in [1.807, 2.05) is 26.0 Å². The lowest BCUT2D eigenvalue weighted by atomic mass is 9.95. The summed E-state index contributed by atoms with van der Waals surface area (Å²) in [6, 6.07) is 11.4. The lowest BCUT2D eigenvalue weighted by Gasteiger charge is -2.33. The number of nitrogens with zero attached hydrogens (tertiary/aromatic N) is 2. The molecule has 7 nitrogen and oxygen atoms in total. The van der Waals surface area contributed by atoms with Gasteiger partial charge in [-0.05, 0) is 55.0 Å². The van der Waals surface area contributed by atoms with Gasteiger partial charge in [0.25, 0.3) is 0 Å². The van der Waals surface area contributed by atoms with Crippen LogP contribution in [0.4, 0.5) is 5.69 Å². The lowest BCUT2D eigenvalue weighted by Crippen LogP contribution is -2.53. The van der Waals surface area contributed by atoms with Gasteiger partial charge in [0.1, 0.15) is 12.6 Å². The predicted octanol–water partition coefficient (Wildman–Crippen LogP) is 5.75. The third kappa shape index (κ3) is 7.87. The van der Waals surface area contributed by atoms with Gasteiger partial charge < -0.3 is 10.2 Å². The number of hydrogen-bond donors (Lipinski definition) is 1. The second-order valence-corrected chi connectivity index (χ2v) is 13.0. The number of carbonyl (C=O) groups excluding carboxylic acids is 2. The minimum Gasteiger partial charge on any atom is -0.352 e. The van der Waals surface area contributed by atoms with Crippen molar-refractivity contribution in [1.82, 2.24) is 10.2 Å². The van der Waals surface area contributed by atoms with Crippen LogP contribution in [0.2, 0.25) is 10.0 Å². The zero-order valence-corrected chi connectivity index (χ0v) is 24.7. The van der Waals surface area contributed by atoms with E-state index in [4.69, 9.17) is 23.2 Å². The normalized spacial score (nSPS) is 15.2. The molecule has 1 aliphatic carbocycles. The van der Waals surface area contributed by atoms with Crippen LogP contribution >= 0.6 is 23.2 Å². The van der Waals surface area contributed by atoms with Crippen LogP contribution in [0.5, 0.6) is 0 Å². The fraction of sp³-hybridized carbons (Fsp3) is 0.500. The van der Waals surface area contributed by atoms with Crippen LogP contribution in [0.1, 0.15) is 69.9 Å². The van der Waals surface area contributed by atoms with Crippen molar-refractivity contribution < 1.29 is 18.0 Å². The maximum atomic E-state index is 13.8. The molecule has 0 bridgehead atoms. The maximum Gasteiger partial charge on any atom is 0.244 e. The minimum absolute atomic E-state index is 0.0399. The van der Waals surface area contributed by atoms with Gasteiger partial charge in [-0.2, -0.15) is 0 Å². The first-order valence-electron chi connectivity index (χ1n) is 13.0. The third-order valence-corrected chi connectivity index (χ3v) is 8.83. The molecule has 1 aliphatic rings. The Hall–Kier alpha value is -2.29. The zero-order valence-electron chi connectivity index (χ0n) is 22.4. The first-order chi connectivity index (χ1) is 17.9. The molecule has 208 valence electrons. The molecule has 3 rings (SSSR count). The number of benzene rings is 2. The molecule has 0 aromatic heterocycles. The fourth-order valence-corrected chi connectivity index (χ4v) is 5.97. The number of halogens is 2. The monoisotopic (exact) mass is 581 g/mol. The molecule has 1 atom stereocenters. The van der Waals surface area contributed by atoms with E-state index < -0.39 is 28.5 Å². The van der Waals surface area contributed by atoms with Crippen LogP contribution in [0.3, 0.4) is 0 Å². The molecule has 38 heavy (non-hydrogen) atoms. The standard InChI is InChI=1S/C28H37Cl2N3O4S/c1-19(2)23-12-8-9-13-26(23)33(38(4,36)37)18-27(34)32(17-21-14-15-24(29)25(30)16-21)20(3)28(35)31-22-10-6-5-7-11-22/h8-9,12-16,19-20,22H,5-7,10-11,17-18H2,1-4H3,(H,31,35). The molecule has 1 fully saturated rings. The Labute approximate surface area is 236 Å². The van der Waals surface area contributed by atoms with Crippen molar-refractivity contribution in [3.8, 4) is 0 Å². The molecule has 1 N–H and O–H groups in total. The Bertz CT molecular complexity index is 1250. The van der Waals surface area contributed by atoms with Crippen molar-refractivity contribution in [3.63, 3.8) is 0 Å². The highest BCUT2D eigenvalue weighted by molar-refractivity contribution is 7.92. The number of hydrogen-bond acceptors (Lipinski definition) is 4. The van der Waals surface area contributed by atoms with E-state index >= 15 is 0 Å². The summed E-state index contributed by atoms with van der Waals surface area (Å²) in [5.41, 5.74) is 1.94. The van der Waals surface area contributed by atoms with Gasteiger partial charge in [0.05, 0.1) is 22.0 Å². The Balaban J connectivity index is 1.93. The molecule has 0 aliphatic heterocycles. The van der Waals surface area contributed by atoms with Crippen molar-refractivity contribution in [2.45, 2.75) is 77.4 Å². The molecule has 10 heteroatoms. The second-order valence-electron chi connectivity index (χ2n) is 10.3. The topological polar surface area (TPSA) is 86.8 Å². The van der Waals surface area contributed by atoms with Gasteiger partial charge >= 0.3 is 0 Å². The Morgan fingerprint density at radius 3 is 2.26 bits per heavy atom. The highest BCUT2D eigenvalue weighted by atomic mass is 35.5. The molecular weight excluding hydrogens is 545 g/mol. The maximum absolute atomic E-state index is 13.8. The van der Waals surface area contributed by atoms with Crippen LogP contribution in [0.15, 0.2) is 42.5 Å². The molecule has 0 spiro atoms. The number of carbonyl (C=O) groups is 2. The van der Waals surface area contributed by atoms with Crippen LogP contribution in [-0.2, 0) is 26.2 Å². The van der Waals surface area contributed by atoms with Crippen molar-refractivity contribution in [2.75, 3.05) is 17.1 Å². The number of amides is 2.